The quantitative estimate of drug-likeness (QED) is 0.752. The fraction of sp³-hybridized carbons (Fsp3) is 0.571. The van der Waals surface area contributed by atoms with E-state index in [2.05, 4.69) is 43.0 Å². The fourth-order valence-electron chi connectivity index (χ4n) is 2.75. The molecule has 17 heavy (non-hydrogen) atoms. The van der Waals surface area contributed by atoms with Crippen LogP contribution in [0.3, 0.4) is 0 Å². The van der Waals surface area contributed by atoms with Crippen LogP contribution in [0.25, 0.3) is 0 Å². The molecule has 0 N–H and O–H groups in total. The van der Waals surface area contributed by atoms with Gasteiger partial charge in [-0.25, -0.2) is 0 Å². The fourth-order valence-corrected chi connectivity index (χ4v) is 3.25. The summed E-state index contributed by atoms with van der Waals surface area (Å²) in [6.07, 6.45) is 2.35. The van der Waals surface area contributed by atoms with Crippen LogP contribution in [0, 0.1) is 0 Å². The van der Waals surface area contributed by atoms with Crippen LogP contribution in [0.15, 0.2) is 24.3 Å². The monoisotopic (exact) mass is 273 g/mol. The van der Waals surface area contributed by atoms with Gasteiger partial charge in [-0.3, -0.25) is 4.90 Å². The third kappa shape index (κ3) is 2.96. The van der Waals surface area contributed by atoms with Crippen LogP contribution in [0.1, 0.15) is 36.8 Å². The largest absolute Gasteiger partial charge is 0.299 e. The number of fused-ring (bicyclic) bond motifs is 1. The first-order chi connectivity index (χ1) is 7.77. The molecule has 0 saturated heterocycles. The molecule has 0 bridgehead atoms. The Balaban J connectivity index is 0.00000144. The molecule has 1 aromatic rings. The van der Waals surface area contributed by atoms with Gasteiger partial charge in [-0.15, -0.1) is 24.0 Å². The summed E-state index contributed by atoms with van der Waals surface area (Å²) >= 11 is 6.62. The normalized spacial score (nSPS) is 23.1. The highest BCUT2D eigenvalue weighted by Gasteiger charge is 2.30. The molecule has 0 radical (unpaired) electrons. The van der Waals surface area contributed by atoms with E-state index in [1.165, 1.54) is 24.0 Å². The molecule has 2 rings (SSSR count). The van der Waals surface area contributed by atoms with Crippen molar-refractivity contribution in [2.75, 3.05) is 13.1 Å². The molecule has 0 fully saturated rings. The van der Waals surface area contributed by atoms with Gasteiger partial charge in [0.1, 0.15) is 0 Å². The Kier molecular flexibility index (Phi) is 5.78. The maximum Gasteiger partial charge on any atom is 0.0743 e. The first-order valence-corrected chi connectivity index (χ1v) is 6.67. The minimum absolute atomic E-state index is 0. The van der Waals surface area contributed by atoms with Gasteiger partial charge < -0.3 is 0 Å². The molecule has 1 aliphatic carbocycles. The highest BCUT2D eigenvalue weighted by atomic mass is 35.5. The maximum absolute atomic E-state index is 6.62. The number of benzene rings is 1. The van der Waals surface area contributed by atoms with Crippen LogP contribution >= 0.6 is 24.0 Å². The molecule has 2 unspecified atom stereocenters. The van der Waals surface area contributed by atoms with E-state index in [1.54, 1.807) is 0 Å². The van der Waals surface area contributed by atoms with E-state index in [0.29, 0.717) is 6.04 Å². The maximum atomic E-state index is 6.62. The van der Waals surface area contributed by atoms with Crippen molar-refractivity contribution in [2.45, 2.75) is 38.1 Å². The van der Waals surface area contributed by atoms with Gasteiger partial charge in [-0.1, -0.05) is 38.1 Å². The Morgan fingerprint density at radius 1 is 1.24 bits per heavy atom. The minimum atomic E-state index is 0. The summed E-state index contributed by atoms with van der Waals surface area (Å²) < 4.78 is 0. The third-order valence-corrected chi connectivity index (χ3v) is 4.21. The lowest BCUT2D eigenvalue weighted by molar-refractivity contribution is 0.194. The van der Waals surface area contributed by atoms with Crippen LogP contribution in [0.2, 0.25) is 0 Å². The lowest BCUT2D eigenvalue weighted by Crippen LogP contribution is -2.40. The molecule has 0 aliphatic heterocycles. The van der Waals surface area contributed by atoms with E-state index in [9.17, 15) is 0 Å². The highest BCUT2D eigenvalue weighted by molar-refractivity contribution is 6.21. The number of likely N-dealkylation sites (N-methyl/N-ethyl adjacent to an activating group) is 1. The van der Waals surface area contributed by atoms with Crippen molar-refractivity contribution < 1.29 is 0 Å². The zero-order valence-corrected chi connectivity index (χ0v) is 12.1. The van der Waals surface area contributed by atoms with Gasteiger partial charge in [0.25, 0.3) is 0 Å². The molecule has 0 aromatic heterocycles. The standard InChI is InChI=1S/C14H20ClN.ClH/c1-3-16(4-2)13-10-9-11-7-5-6-8-12(11)14(13)15;/h5-8,13-14H,3-4,9-10H2,1-2H3;1H. The minimum Gasteiger partial charge on any atom is -0.299 e. The van der Waals surface area contributed by atoms with Gasteiger partial charge >= 0.3 is 0 Å². The molecule has 1 aromatic carbocycles. The van der Waals surface area contributed by atoms with Gasteiger partial charge in [-0.05, 0) is 37.1 Å². The molecule has 0 heterocycles. The Morgan fingerprint density at radius 2 is 1.88 bits per heavy atom. The average Bonchev–Trinajstić information content (AvgIpc) is 2.34. The zero-order valence-electron chi connectivity index (χ0n) is 10.5. The summed E-state index contributed by atoms with van der Waals surface area (Å²) in [4.78, 5) is 2.48. The molecule has 0 amide bonds. The summed E-state index contributed by atoms with van der Waals surface area (Å²) in [5.74, 6) is 0. The van der Waals surface area contributed by atoms with E-state index in [1.807, 2.05) is 0 Å². The lowest BCUT2D eigenvalue weighted by atomic mass is 9.87. The molecule has 1 nitrogen and oxygen atoms in total. The summed E-state index contributed by atoms with van der Waals surface area (Å²) in [5.41, 5.74) is 2.78. The second-order valence-corrected chi connectivity index (χ2v) is 4.90. The molecule has 1 aliphatic rings. The summed E-state index contributed by atoms with van der Waals surface area (Å²) in [5, 5.41) is 0.157. The SMILES string of the molecule is CCN(CC)C1CCc2ccccc2C1Cl.Cl. The number of hydrogen-bond donors (Lipinski definition) is 0. The predicted molar refractivity (Wildman–Crippen MR) is 77.3 cm³/mol. The Hall–Kier alpha value is -0.240. The number of aryl methyl sites for hydroxylation is 1. The second kappa shape index (κ2) is 6.63. The third-order valence-electron chi connectivity index (χ3n) is 3.68. The predicted octanol–water partition coefficient (Wildman–Crippen LogP) is 4.04. The van der Waals surface area contributed by atoms with Gasteiger partial charge in [0.05, 0.1) is 5.38 Å². The molecule has 96 valence electrons. The molecule has 2 atom stereocenters. The van der Waals surface area contributed by atoms with E-state index in [0.717, 1.165) is 13.1 Å². The van der Waals surface area contributed by atoms with Gasteiger partial charge in [0, 0.05) is 6.04 Å². The van der Waals surface area contributed by atoms with Crippen LogP contribution in [0.5, 0.6) is 0 Å². The van der Waals surface area contributed by atoms with Crippen molar-refractivity contribution in [1.82, 2.24) is 4.90 Å². The lowest BCUT2D eigenvalue weighted by Gasteiger charge is -2.37. The molecule has 3 heteroatoms. The van der Waals surface area contributed by atoms with Crippen molar-refractivity contribution in [2.24, 2.45) is 0 Å². The zero-order chi connectivity index (χ0) is 11.5. The molecular weight excluding hydrogens is 253 g/mol. The Labute approximate surface area is 116 Å². The van der Waals surface area contributed by atoms with Crippen molar-refractivity contribution >= 4 is 24.0 Å². The number of alkyl halides is 1. The van der Waals surface area contributed by atoms with Crippen LogP contribution in [-0.2, 0) is 6.42 Å². The van der Waals surface area contributed by atoms with Gasteiger partial charge in [0.2, 0.25) is 0 Å². The van der Waals surface area contributed by atoms with Crippen LogP contribution in [-0.4, -0.2) is 24.0 Å². The van der Waals surface area contributed by atoms with E-state index >= 15 is 0 Å². The van der Waals surface area contributed by atoms with Crippen LogP contribution in [0.4, 0.5) is 0 Å². The summed E-state index contributed by atoms with van der Waals surface area (Å²) in [7, 11) is 0. The summed E-state index contributed by atoms with van der Waals surface area (Å²) in [6.45, 7) is 6.61. The first kappa shape index (κ1) is 14.8. The molecule has 0 spiro atoms. The number of rotatable bonds is 3. The number of halogens is 2. The van der Waals surface area contributed by atoms with E-state index in [4.69, 9.17) is 11.6 Å². The van der Waals surface area contributed by atoms with E-state index < -0.39 is 0 Å². The highest BCUT2D eigenvalue weighted by Crippen LogP contribution is 2.37. The molecule has 0 saturated carbocycles. The average molecular weight is 274 g/mol. The van der Waals surface area contributed by atoms with Crippen molar-refractivity contribution in [1.29, 1.82) is 0 Å². The second-order valence-electron chi connectivity index (χ2n) is 4.43. The first-order valence-electron chi connectivity index (χ1n) is 6.23. The van der Waals surface area contributed by atoms with Gasteiger partial charge in [-0.2, -0.15) is 0 Å². The van der Waals surface area contributed by atoms with Gasteiger partial charge in [0.15, 0.2) is 0 Å². The van der Waals surface area contributed by atoms with Crippen molar-refractivity contribution in [3.8, 4) is 0 Å². The van der Waals surface area contributed by atoms with E-state index in [-0.39, 0.29) is 17.8 Å². The smallest absolute Gasteiger partial charge is 0.0743 e. The number of hydrogen-bond acceptors (Lipinski definition) is 1. The van der Waals surface area contributed by atoms with Crippen LogP contribution < -0.4 is 0 Å². The topological polar surface area (TPSA) is 3.24 Å². The Bertz CT molecular complexity index is 350. The number of nitrogens with zero attached hydrogens (tertiary/aromatic N) is 1. The van der Waals surface area contributed by atoms with Crippen molar-refractivity contribution in [3.63, 3.8) is 0 Å². The molecular formula is C14H21Cl2N. The summed E-state index contributed by atoms with van der Waals surface area (Å²) in [6, 6.07) is 9.11. The Morgan fingerprint density at radius 3 is 2.53 bits per heavy atom. The van der Waals surface area contributed by atoms with Crippen molar-refractivity contribution in [3.05, 3.63) is 35.4 Å².